The summed E-state index contributed by atoms with van der Waals surface area (Å²) in [6.07, 6.45) is 6.39. The van der Waals surface area contributed by atoms with Crippen LogP contribution in [0, 0.1) is 5.41 Å². The fraction of sp³-hybridized carbons (Fsp3) is 0.889. The number of carbonyl (C=O) groups is 2. The number of nitrogens with zero attached hydrogens (tertiary/aromatic N) is 2. The number of nitrogens with one attached hydrogen (secondary N) is 1. The first-order chi connectivity index (χ1) is 12.1. The zero-order chi connectivity index (χ0) is 18.1. The highest BCUT2D eigenvalue weighted by molar-refractivity contribution is 5.85. The minimum atomic E-state index is 0. The van der Waals surface area contributed by atoms with Crippen LogP contribution in [0.3, 0.4) is 0 Å². The van der Waals surface area contributed by atoms with E-state index < -0.39 is 0 Å². The van der Waals surface area contributed by atoms with Gasteiger partial charge in [-0.3, -0.25) is 14.5 Å². The SMILES string of the molecule is COCCNC(=O)CN1CCN(C(=O)CC2(CN)CCCCC2)CC1.Cl.Cl. The van der Waals surface area contributed by atoms with Gasteiger partial charge in [0.1, 0.15) is 0 Å². The summed E-state index contributed by atoms with van der Waals surface area (Å²) >= 11 is 0. The highest BCUT2D eigenvalue weighted by Gasteiger charge is 2.35. The maximum Gasteiger partial charge on any atom is 0.234 e. The number of hydrogen-bond donors (Lipinski definition) is 2. The number of hydrogen-bond acceptors (Lipinski definition) is 5. The summed E-state index contributed by atoms with van der Waals surface area (Å²) < 4.78 is 4.92. The van der Waals surface area contributed by atoms with E-state index in [-0.39, 0.29) is 42.0 Å². The number of ether oxygens (including phenoxy) is 1. The van der Waals surface area contributed by atoms with E-state index >= 15 is 0 Å². The summed E-state index contributed by atoms with van der Waals surface area (Å²) in [4.78, 5) is 28.6. The Hall–Kier alpha value is -0.600. The molecule has 2 fully saturated rings. The third kappa shape index (κ3) is 8.52. The number of nitrogens with two attached hydrogens (primary N) is 1. The molecular weight excluding hydrogens is 391 g/mol. The van der Waals surface area contributed by atoms with Crippen molar-refractivity contribution in [2.45, 2.75) is 38.5 Å². The lowest BCUT2D eigenvalue weighted by Gasteiger charge is -2.39. The van der Waals surface area contributed by atoms with E-state index in [1.54, 1.807) is 7.11 Å². The minimum absolute atomic E-state index is 0. The zero-order valence-corrected chi connectivity index (χ0v) is 18.0. The second kappa shape index (κ2) is 13.6. The van der Waals surface area contributed by atoms with Crippen LogP contribution in [-0.2, 0) is 14.3 Å². The fourth-order valence-electron chi connectivity index (χ4n) is 3.89. The molecule has 0 atom stereocenters. The molecule has 0 spiro atoms. The van der Waals surface area contributed by atoms with Gasteiger partial charge < -0.3 is 20.7 Å². The Morgan fingerprint density at radius 2 is 1.70 bits per heavy atom. The van der Waals surface area contributed by atoms with Crippen molar-refractivity contribution in [1.29, 1.82) is 0 Å². The van der Waals surface area contributed by atoms with Crippen LogP contribution in [0.4, 0.5) is 0 Å². The van der Waals surface area contributed by atoms with E-state index in [1.807, 2.05) is 4.90 Å². The van der Waals surface area contributed by atoms with Crippen LogP contribution in [0.1, 0.15) is 38.5 Å². The van der Waals surface area contributed by atoms with E-state index in [4.69, 9.17) is 10.5 Å². The zero-order valence-electron chi connectivity index (χ0n) is 16.4. The van der Waals surface area contributed by atoms with Gasteiger partial charge in [-0.15, -0.1) is 24.8 Å². The average Bonchev–Trinajstić information content (AvgIpc) is 2.63. The third-order valence-corrected chi connectivity index (χ3v) is 5.59. The molecule has 0 aromatic rings. The highest BCUT2D eigenvalue weighted by Crippen LogP contribution is 2.38. The normalized spacial score (nSPS) is 19.6. The Labute approximate surface area is 175 Å². The molecule has 1 saturated carbocycles. The van der Waals surface area contributed by atoms with Crippen molar-refractivity contribution in [3.63, 3.8) is 0 Å². The number of methoxy groups -OCH3 is 1. The monoisotopic (exact) mass is 426 g/mol. The topological polar surface area (TPSA) is 87.9 Å². The van der Waals surface area contributed by atoms with E-state index in [1.165, 1.54) is 19.3 Å². The largest absolute Gasteiger partial charge is 0.383 e. The van der Waals surface area contributed by atoms with Crippen molar-refractivity contribution < 1.29 is 14.3 Å². The molecule has 27 heavy (non-hydrogen) atoms. The van der Waals surface area contributed by atoms with Crippen molar-refractivity contribution in [3.8, 4) is 0 Å². The van der Waals surface area contributed by atoms with Crippen molar-refractivity contribution in [2.75, 3.05) is 59.5 Å². The van der Waals surface area contributed by atoms with Crippen LogP contribution in [0.5, 0.6) is 0 Å². The molecule has 160 valence electrons. The lowest BCUT2D eigenvalue weighted by Crippen LogP contribution is -2.52. The van der Waals surface area contributed by atoms with E-state index in [2.05, 4.69) is 10.2 Å². The molecule has 1 aliphatic carbocycles. The molecule has 0 unspecified atom stereocenters. The molecule has 0 aromatic heterocycles. The van der Waals surface area contributed by atoms with Crippen molar-refractivity contribution >= 4 is 36.6 Å². The van der Waals surface area contributed by atoms with Crippen LogP contribution in [-0.4, -0.2) is 81.1 Å². The van der Waals surface area contributed by atoms with Gasteiger partial charge >= 0.3 is 0 Å². The van der Waals surface area contributed by atoms with E-state index in [9.17, 15) is 9.59 Å². The van der Waals surface area contributed by atoms with Gasteiger partial charge in [-0.1, -0.05) is 19.3 Å². The molecule has 1 heterocycles. The van der Waals surface area contributed by atoms with Gasteiger partial charge in [-0.05, 0) is 24.8 Å². The van der Waals surface area contributed by atoms with Crippen LogP contribution in [0.15, 0.2) is 0 Å². The predicted molar refractivity (Wildman–Crippen MR) is 112 cm³/mol. The minimum Gasteiger partial charge on any atom is -0.383 e. The summed E-state index contributed by atoms with van der Waals surface area (Å²) in [6, 6.07) is 0. The Kier molecular flexibility index (Phi) is 13.3. The predicted octanol–water partition coefficient (Wildman–Crippen LogP) is 1.04. The Balaban J connectivity index is 0.00000338. The van der Waals surface area contributed by atoms with Crippen molar-refractivity contribution in [2.24, 2.45) is 11.1 Å². The van der Waals surface area contributed by atoms with Gasteiger partial charge in [0.25, 0.3) is 0 Å². The molecule has 1 aliphatic heterocycles. The molecule has 7 nitrogen and oxygen atoms in total. The summed E-state index contributed by atoms with van der Waals surface area (Å²) in [5, 5.41) is 2.83. The Morgan fingerprint density at radius 3 is 2.26 bits per heavy atom. The van der Waals surface area contributed by atoms with Gasteiger partial charge in [0.2, 0.25) is 11.8 Å². The van der Waals surface area contributed by atoms with Crippen LogP contribution >= 0.6 is 24.8 Å². The molecule has 0 aromatic carbocycles. The van der Waals surface area contributed by atoms with Gasteiger partial charge in [0.15, 0.2) is 0 Å². The quantitative estimate of drug-likeness (QED) is 0.565. The lowest BCUT2D eigenvalue weighted by molar-refractivity contribution is -0.136. The number of halogens is 2. The second-order valence-electron chi connectivity index (χ2n) is 7.44. The lowest BCUT2D eigenvalue weighted by atomic mass is 9.71. The number of piperazine rings is 1. The van der Waals surface area contributed by atoms with Crippen LogP contribution in [0.25, 0.3) is 0 Å². The molecule has 2 aliphatic rings. The van der Waals surface area contributed by atoms with Gasteiger partial charge in [0.05, 0.1) is 13.2 Å². The first kappa shape index (κ1) is 26.4. The number of rotatable bonds is 8. The smallest absolute Gasteiger partial charge is 0.234 e. The Bertz CT molecular complexity index is 440. The van der Waals surface area contributed by atoms with Gasteiger partial charge in [-0.25, -0.2) is 0 Å². The summed E-state index contributed by atoms with van der Waals surface area (Å²) in [5.41, 5.74) is 6.03. The first-order valence-electron chi connectivity index (χ1n) is 9.54. The fourth-order valence-corrected chi connectivity index (χ4v) is 3.89. The van der Waals surface area contributed by atoms with Crippen molar-refractivity contribution in [1.82, 2.24) is 15.1 Å². The van der Waals surface area contributed by atoms with Gasteiger partial charge in [0, 0.05) is 46.3 Å². The molecule has 9 heteroatoms. The second-order valence-corrected chi connectivity index (χ2v) is 7.44. The van der Waals surface area contributed by atoms with Crippen molar-refractivity contribution in [3.05, 3.63) is 0 Å². The first-order valence-corrected chi connectivity index (χ1v) is 9.54. The van der Waals surface area contributed by atoms with Gasteiger partial charge in [-0.2, -0.15) is 0 Å². The molecule has 2 amide bonds. The van der Waals surface area contributed by atoms with Crippen LogP contribution < -0.4 is 11.1 Å². The molecule has 0 radical (unpaired) electrons. The maximum absolute atomic E-state index is 12.7. The average molecular weight is 427 g/mol. The number of amides is 2. The van der Waals surface area contributed by atoms with Crippen LogP contribution in [0.2, 0.25) is 0 Å². The summed E-state index contributed by atoms with van der Waals surface area (Å²) in [7, 11) is 1.62. The summed E-state index contributed by atoms with van der Waals surface area (Å²) in [6.45, 7) is 4.96. The maximum atomic E-state index is 12.7. The third-order valence-electron chi connectivity index (χ3n) is 5.59. The summed E-state index contributed by atoms with van der Waals surface area (Å²) in [5.74, 6) is 0.248. The van der Waals surface area contributed by atoms with E-state index in [0.29, 0.717) is 45.8 Å². The van der Waals surface area contributed by atoms with E-state index in [0.717, 1.165) is 25.9 Å². The molecule has 2 rings (SSSR count). The molecule has 0 bridgehead atoms. The molecule has 1 saturated heterocycles. The standard InChI is InChI=1S/C18H34N4O3.2ClH/c1-25-12-7-20-16(23)14-21-8-10-22(11-9-21)17(24)13-18(15-19)5-3-2-4-6-18;;/h2-15,19H2,1H3,(H,20,23);2*1H. The Morgan fingerprint density at radius 1 is 1.07 bits per heavy atom. The molecular formula is C18H36Cl2N4O3. The number of carbonyl (C=O) groups excluding carboxylic acids is 2. The molecule has 3 N–H and O–H groups in total. The highest BCUT2D eigenvalue weighted by atomic mass is 35.5.